The second-order valence-electron chi connectivity index (χ2n) is 7.96. The van der Waals surface area contributed by atoms with Crippen LogP contribution in [0.15, 0.2) is 48.5 Å². The molecule has 152 valence electrons. The second kappa shape index (κ2) is 9.25. The van der Waals surface area contributed by atoms with E-state index in [1.807, 2.05) is 6.07 Å². The zero-order valence-corrected chi connectivity index (χ0v) is 17.1. The van der Waals surface area contributed by atoms with Crippen molar-refractivity contribution < 1.29 is 4.79 Å². The molecule has 2 aromatic carbocycles. The first kappa shape index (κ1) is 19.7. The summed E-state index contributed by atoms with van der Waals surface area (Å²) >= 11 is 0. The van der Waals surface area contributed by atoms with Crippen LogP contribution in [0, 0.1) is 6.92 Å². The summed E-state index contributed by atoms with van der Waals surface area (Å²) < 4.78 is 0. The number of benzene rings is 2. The minimum atomic E-state index is -0.0361. The third-order valence-corrected chi connectivity index (χ3v) is 5.63. The van der Waals surface area contributed by atoms with Crippen molar-refractivity contribution in [2.45, 2.75) is 32.2 Å². The van der Waals surface area contributed by atoms with Gasteiger partial charge in [-0.1, -0.05) is 42.0 Å². The van der Waals surface area contributed by atoms with Crippen LogP contribution >= 0.6 is 0 Å². The fraction of sp³-hybridized carbons (Fsp3) is 0.375. The SMILES string of the molecule is Cc1ccc(-c2ccc3cc(C(=O)NCCCCNC4CCNC4)[nH]c3c2)cc1. The summed E-state index contributed by atoms with van der Waals surface area (Å²) in [5, 5.41) is 11.0. The third kappa shape index (κ3) is 5.05. The number of nitrogens with one attached hydrogen (secondary N) is 4. The molecule has 4 rings (SSSR count). The van der Waals surface area contributed by atoms with Crippen LogP contribution in [0.25, 0.3) is 22.0 Å². The van der Waals surface area contributed by atoms with Crippen LogP contribution < -0.4 is 16.0 Å². The number of carbonyl (C=O) groups excluding carboxylic acids is 1. The molecule has 1 aliphatic rings. The standard InChI is InChI=1S/C24H30N4O/c1-17-4-6-18(7-5-17)19-8-9-20-15-23(28-22(20)14-19)24(29)27-12-3-2-11-26-21-10-13-25-16-21/h4-9,14-15,21,25-26,28H,2-3,10-13,16H2,1H3,(H,27,29). The number of carbonyl (C=O) groups is 1. The molecule has 2 heterocycles. The average Bonchev–Trinajstić information content (AvgIpc) is 3.40. The average molecular weight is 391 g/mol. The third-order valence-electron chi connectivity index (χ3n) is 5.63. The highest BCUT2D eigenvalue weighted by Crippen LogP contribution is 2.25. The molecule has 1 aliphatic heterocycles. The summed E-state index contributed by atoms with van der Waals surface area (Å²) in [5.41, 5.74) is 5.19. The van der Waals surface area contributed by atoms with E-state index in [4.69, 9.17) is 0 Å². The molecule has 0 aliphatic carbocycles. The van der Waals surface area contributed by atoms with Crippen molar-refractivity contribution in [2.24, 2.45) is 0 Å². The normalized spacial score (nSPS) is 16.4. The number of amides is 1. The first-order valence-electron chi connectivity index (χ1n) is 10.6. The molecule has 0 radical (unpaired) electrons. The van der Waals surface area contributed by atoms with E-state index in [-0.39, 0.29) is 5.91 Å². The fourth-order valence-electron chi connectivity index (χ4n) is 3.86. The molecular formula is C24H30N4O. The predicted molar refractivity (Wildman–Crippen MR) is 119 cm³/mol. The van der Waals surface area contributed by atoms with E-state index >= 15 is 0 Å². The summed E-state index contributed by atoms with van der Waals surface area (Å²) in [6, 6.07) is 17.3. The minimum absolute atomic E-state index is 0.0361. The smallest absolute Gasteiger partial charge is 0.267 e. The van der Waals surface area contributed by atoms with Crippen LogP contribution in [-0.2, 0) is 0 Å². The van der Waals surface area contributed by atoms with E-state index in [0.717, 1.165) is 48.9 Å². The number of aryl methyl sites for hydroxylation is 1. The molecule has 5 heteroatoms. The molecule has 3 aromatic rings. The van der Waals surface area contributed by atoms with Crippen molar-refractivity contribution in [2.75, 3.05) is 26.2 Å². The molecule has 1 unspecified atom stereocenters. The highest BCUT2D eigenvalue weighted by Gasteiger charge is 2.13. The Morgan fingerprint density at radius 3 is 2.62 bits per heavy atom. The molecule has 1 amide bonds. The minimum Gasteiger partial charge on any atom is -0.351 e. The van der Waals surface area contributed by atoms with Gasteiger partial charge in [-0.3, -0.25) is 4.79 Å². The van der Waals surface area contributed by atoms with Crippen molar-refractivity contribution in [3.63, 3.8) is 0 Å². The molecule has 4 N–H and O–H groups in total. The van der Waals surface area contributed by atoms with Crippen LogP contribution in [0.5, 0.6) is 0 Å². The molecule has 0 spiro atoms. The van der Waals surface area contributed by atoms with Crippen molar-refractivity contribution in [1.29, 1.82) is 0 Å². The monoisotopic (exact) mass is 390 g/mol. The quantitative estimate of drug-likeness (QED) is 0.444. The van der Waals surface area contributed by atoms with Gasteiger partial charge in [-0.05, 0) is 62.5 Å². The Hall–Kier alpha value is -2.63. The Balaban J connectivity index is 1.29. The zero-order valence-electron chi connectivity index (χ0n) is 17.1. The van der Waals surface area contributed by atoms with Gasteiger partial charge in [0, 0.05) is 30.0 Å². The number of aromatic nitrogens is 1. The van der Waals surface area contributed by atoms with Crippen LogP contribution in [0.1, 0.15) is 35.3 Å². The number of aromatic amines is 1. The Labute approximate surface area is 172 Å². The maximum absolute atomic E-state index is 12.5. The number of hydrogen-bond donors (Lipinski definition) is 4. The molecular weight excluding hydrogens is 360 g/mol. The molecule has 1 fully saturated rings. The van der Waals surface area contributed by atoms with Crippen LogP contribution in [-0.4, -0.2) is 43.1 Å². The number of fused-ring (bicyclic) bond motifs is 1. The van der Waals surface area contributed by atoms with Gasteiger partial charge in [0.05, 0.1) is 0 Å². The summed E-state index contributed by atoms with van der Waals surface area (Å²) in [7, 11) is 0. The topological polar surface area (TPSA) is 69.0 Å². The van der Waals surface area contributed by atoms with Gasteiger partial charge in [-0.15, -0.1) is 0 Å². The highest BCUT2D eigenvalue weighted by molar-refractivity contribution is 5.98. The summed E-state index contributed by atoms with van der Waals surface area (Å²) in [6.45, 7) is 5.99. The van der Waals surface area contributed by atoms with Crippen molar-refractivity contribution in [3.8, 4) is 11.1 Å². The van der Waals surface area contributed by atoms with Gasteiger partial charge in [0.15, 0.2) is 0 Å². The largest absolute Gasteiger partial charge is 0.351 e. The Morgan fingerprint density at radius 1 is 1.03 bits per heavy atom. The molecule has 29 heavy (non-hydrogen) atoms. The van der Waals surface area contributed by atoms with Crippen LogP contribution in [0.2, 0.25) is 0 Å². The zero-order chi connectivity index (χ0) is 20.1. The van der Waals surface area contributed by atoms with E-state index in [0.29, 0.717) is 18.3 Å². The molecule has 0 bridgehead atoms. The predicted octanol–water partition coefficient (Wildman–Crippen LogP) is 3.60. The van der Waals surface area contributed by atoms with Gasteiger partial charge < -0.3 is 20.9 Å². The molecule has 5 nitrogen and oxygen atoms in total. The number of rotatable bonds is 8. The lowest BCUT2D eigenvalue weighted by atomic mass is 10.0. The summed E-state index contributed by atoms with van der Waals surface area (Å²) in [6.07, 6.45) is 3.27. The summed E-state index contributed by atoms with van der Waals surface area (Å²) in [4.78, 5) is 15.8. The Kier molecular flexibility index (Phi) is 6.27. The lowest BCUT2D eigenvalue weighted by molar-refractivity contribution is 0.0949. The maximum atomic E-state index is 12.5. The van der Waals surface area contributed by atoms with Gasteiger partial charge in [0.25, 0.3) is 5.91 Å². The van der Waals surface area contributed by atoms with Crippen molar-refractivity contribution >= 4 is 16.8 Å². The second-order valence-corrected chi connectivity index (χ2v) is 7.96. The van der Waals surface area contributed by atoms with Gasteiger partial charge in [-0.2, -0.15) is 0 Å². The van der Waals surface area contributed by atoms with Crippen LogP contribution in [0.3, 0.4) is 0 Å². The van der Waals surface area contributed by atoms with Gasteiger partial charge >= 0.3 is 0 Å². The molecule has 0 saturated carbocycles. The fourth-order valence-corrected chi connectivity index (χ4v) is 3.86. The first-order chi connectivity index (χ1) is 14.2. The van der Waals surface area contributed by atoms with E-state index < -0.39 is 0 Å². The Bertz CT molecular complexity index is 955. The van der Waals surface area contributed by atoms with Crippen molar-refractivity contribution in [3.05, 3.63) is 59.8 Å². The van der Waals surface area contributed by atoms with Gasteiger partial charge in [0.2, 0.25) is 0 Å². The number of unbranched alkanes of at least 4 members (excludes halogenated alkanes) is 1. The number of hydrogen-bond acceptors (Lipinski definition) is 3. The number of H-pyrrole nitrogens is 1. The molecule has 1 aromatic heterocycles. The van der Waals surface area contributed by atoms with Crippen molar-refractivity contribution in [1.82, 2.24) is 20.9 Å². The lowest BCUT2D eigenvalue weighted by Crippen LogP contribution is -2.32. The van der Waals surface area contributed by atoms with Gasteiger partial charge in [-0.25, -0.2) is 0 Å². The lowest BCUT2D eigenvalue weighted by Gasteiger charge is -2.10. The maximum Gasteiger partial charge on any atom is 0.267 e. The van der Waals surface area contributed by atoms with Gasteiger partial charge in [0.1, 0.15) is 5.69 Å². The van der Waals surface area contributed by atoms with E-state index in [2.05, 4.69) is 70.3 Å². The van der Waals surface area contributed by atoms with Crippen LogP contribution in [0.4, 0.5) is 0 Å². The first-order valence-corrected chi connectivity index (χ1v) is 10.6. The molecule has 1 atom stereocenters. The Morgan fingerprint density at radius 2 is 1.83 bits per heavy atom. The highest BCUT2D eigenvalue weighted by atomic mass is 16.1. The van der Waals surface area contributed by atoms with E-state index in [9.17, 15) is 4.79 Å². The van der Waals surface area contributed by atoms with E-state index in [1.165, 1.54) is 17.5 Å². The van der Waals surface area contributed by atoms with E-state index in [1.54, 1.807) is 0 Å². The summed E-state index contributed by atoms with van der Waals surface area (Å²) in [5.74, 6) is -0.0361. The molecule has 1 saturated heterocycles.